The van der Waals surface area contributed by atoms with Crippen LogP contribution in [0.5, 0.6) is 11.5 Å². The second-order valence-electron chi connectivity index (χ2n) is 8.98. The van der Waals surface area contributed by atoms with Crippen molar-refractivity contribution in [3.05, 3.63) is 121 Å². The number of hydrogen-bond acceptors (Lipinski definition) is 4. The SMILES string of the molecule is Cc1cc(Oc2[c-]c(-c3ccccn3)ccc2)[c-]c(-c2nccc3c2Sc2cccc4cccc-3c24)c1.[Pt+2]. The summed E-state index contributed by atoms with van der Waals surface area (Å²) in [5, 5.41) is 2.56. The maximum Gasteiger partial charge on any atom is 2.00 e. The Labute approximate surface area is 240 Å². The van der Waals surface area contributed by atoms with Crippen LogP contribution in [0.25, 0.3) is 44.4 Å². The maximum atomic E-state index is 6.26. The molecule has 6 aromatic rings. The molecule has 1 aliphatic heterocycles. The Kier molecular flexibility index (Phi) is 6.61. The van der Waals surface area contributed by atoms with Crippen molar-refractivity contribution < 1.29 is 25.8 Å². The Morgan fingerprint density at radius 3 is 2.42 bits per heavy atom. The van der Waals surface area contributed by atoms with E-state index in [0.717, 1.165) is 33.0 Å². The van der Waals surface area contributed by atoms with E-state index in [4.69, 9.17) is 9.72 Å². The molecule has 7 rings (SSSR count). The van der Waals surface area contributed by atoms with Crippen LogP contribution in [0.1, 0.15) is 5.56 Å². The normalized spacial score (nSPS) is 11.5. The fraction of sp³-hybridized carbons (Fsp3) is 0.0303. The van der Waals surface area contributed by atoms with Crippen LogP contribution in [-0.2, 0) is 21.1 Å². The van der Waals surface area contributed by atoms with E-state index in [-0.39, 0.29) is 21.1 Å². The third kappa shape index (κ3) is 4.45. The van der Waals surface area contributed by atoms with E-state index in [0.29, 0.717) is 11.5 Å². The monoisotopic (exact) mass is 687 g/mol. The van der Waals surface area contributed by atoms with Gasteiger partial charge in [-0.1, -0.05) is 79.3 Å². The van der Waals surface area contributed by atoms with Crippen molar-refractivity contribution in [2.45, 2.75) is 16.7 Å². The second-order valence-corrected chi connectivity index (χ2v) is 10.0. The molecule has 0 saturated heterocycles. The van der Waals surface area contributed by atoms with Crippen LogP contribution in [0.4, 0.5) is 0 Å². The number of fused-ring (bicyclic) bond motifs is 2. The summed E-state index contributed by atoms with van der Waals surface area (Å²) < 4.78 is 6.26. The summed E-state index contributed by atoms with van der Waals surface area (Å²) in [7, 11) is 0. The Balaban J connectivity index is 0.00000264. The van der Waals surface area contributed by atoms with Gasteiger partial charge in [-0.2, -0.15) is 0 Å². The van der Waals surface area contributed by atoms with Gasteiger partial charge in [0.05, 0.1) is 0 Å². The third-order valence-electron chi connectivity index (χ3n) is 6.45. The molecule has 3 heterocycles. The molecule has 0 fully saturated rings. The second kappa shape index (κ2) is 10.2. The van der Waals surface area contributed by atoms with E-state index in [1.165, 1.54) is 26.8 Å². The standard InChI is InChI=1S/C33H20N2OS.Pt/c1-21-17-24(20-26(18-21)36-25-10-4-9-23(19-25)29-12-2-3-15-34-29)32-33-28(14-16-35-32)27-11-5-7-22-8-6-13-30(37-33)31(22)27;/h2-18H,1H3;/q-2;+2. The average molecular weight is 688 g/mol. The number of rotatable bonds is 4. The molecule has 0 aliphatic carbocycles. The first-order valence-corrected chi connectivity index (χ1v) is 12.9. The van der Waals surface area contributed by atoms with Gasteiger partial charge in [-0.15, -0.1) is 41.0 Å². The first kappa shape index (κ1) is 24.6. The predicted molar refractivity (Wildman–Crippen MR) is 149 cm³/mol. The van der Waals surface area contributed by atoms with Crippen LogP contribution in [0.3, 0.4) is 0 Å². The van der Waals surface area contributed by atoms with E-state index in [1.807, 2.05) is 48.7 Å². The molecule has 0 saturated carbocycles. The fourth-order valence-corrected chi connectivity index (χ4v) is 6.09. The topological polar surface area (TPSA) is 35.0 Å². The Morgan fingerprint density at radius 1 is 0.711 bits per heavy atom. The number of aromatic nitrogens is 2. The summed E-state index contributed by atoms with van der Waals surface area (Å²) in [4.78, 5) is 11.6. The summed E-state index contributed by atoms with van der Waals surface area (Å²) in [6, 6.07) is 37.7. The summed E-state index contributed by atoms with van der Waals surface area (Å²) >= 11 is 1.78. The van der Waals surface area contributed by atoms with E-state index >= 15 is 0 Å². The average Bonchev–Trinajstić information content (AvgIpc) is 2.93. The fourth-order valence-electron chi connectivity index (χ4n) is 4.84. The molecule has 0 spiro atoms. The van der Waals surface area contributed by atoms with Gasteiger partial charge >= 0.3 is 21.1 Å². The number of nitrogens with zero attached hydrogens (tertiary/aromatic N) is 2. The van der Waals surface area contributed by atoms with Crippen molar-refractivity contribution in [1.82, 2.24) is 9.97 Å². The van der Waals surface area contributed by atoms with Crippen molar-refractivity contribution in [2.75, 3.05) is 0 Å². The van der Waals surface area contributed by atoms with Crippen LogP contribution in [0.2, 0.25) is 0 Å². The van der Waals surface area contributed by atoms with Gasteiger partial charge in [0, 0.05) is 44.8 Å². The first-order valence-electron chi connectivity index (χ1n) is 12.1. The molecule has 38 heavy (non-hydrogen) atoms. The summed E-state index contributed by atoms with van der Waals surface area (Å²) in [6.45, 7) is 2.07. The van der Waals surface area contributed by atoms with Crippen molar-refractivity contribution in [3.8, 4) is 45.1 Å². The zero-order valence-corrected chi connectivity index (χ0v) is 23.4. The minimum atomic E-state index is 0. The van der Waals surface area contributed by atoms with Crippen molar-refractivity contribution in [3.63, 3.8) is 0 Å². The van der Waals surface area contributed by atoms with Crippen molar-refractivity contribution >= 4 is 22.5 Å². The van der Waals surface area contributed by atoms with Gasteiger partial charge in [0.15, 0.2) is 0 Å². The van der Waals surface area contributed by atoms with E-state index in [1.54, 1.807) is 18.0 Å². The molecule has 184 valence electrons. The zero-order valence-electron chi connectivity index (χ0n) is 20.3. The van der Waals surface area contributed by atoms with Gasteiger partial charge in [-0.25, -0.2) is 0 Å². The summed E-state index contributed by atoms with van der Waals surface area (Å²) in [5.74, 6) is 1.25. The number of ether oxygens (including phenoxy) is 1. The van der Waals surface area contributed by atoms with Gasteiger partial charge in [-0.05, 0) is 40.4 Å². The zero-order chi connectivity index (χ0) is 24.8. The molecule has 4 aromatic carbocycles. The minimum Gasteiger partial charge on any atom is -0.497 e. The third-order valence-corrected chi connectivity index (χ3v) is 7.62. The Hall–Kier alpha value is -3.72. The summed E-state index contributed by atoms with van der Waals surface area (Å²) in [5.41, 5.74) is 7.08. The van der Waals surface area contributed by atoms with Crippen LogP contribution in [0, 0.1) is 19.1 Å². The van der Waals surface area contributed by atoms with Gasteiger partial charge in [-0.3, -0.25) is 0 Å². The van der Waals surface area contributed by atoms with Gasteiger partial charge in [0.25, 0.3) is 0 Å². The molecule has 0 amide bonds. The quantitative estimate of drug-likeness (QED) is 0.173. The van der Waals surface area contributed by atoms with Crippen LogP contribution in [0.15, 0.2) is 113 Å². The number of aryl methyl sites for hydroxylation is 1. The van der Waals surface area contributed by atoms with E-state index in [2.05, 4.69) is 72.6 Å². The molecular formula is C33H20N2OPtS. The molecule has 0 atom stereocenters. The smallest absolute Gasteiger partial charge is 0.497 e. The Bertz CT molecular complexity index is 1800. The number of benzene rings is 4. The van der Waals surface area contributed by atoms with Crippen LogP contribution < -0.4 is 4.74 Å². The molecule has 0 N–H and O–H groups in total. The number of hydrogen-bond donors (Lipinski definition) is 0. The van der Waals surface area contributed by atoms with Gasteiger partial charge in [0.1, 0.15) is 0 Å². The molecule has 5 heteroatoms. The predicted octanol–water partition coefficient (Wildman–Crippen LogP) is 8.79. The molecule has 0 radical (unpaired) electrons. The molecule has 0 bridgehead atoms. The minimum absolute atomic E-state index is 0. The van der Waals surface area contributed by atoms with E-state index in [9.17, 15) is 0 Å². The van der Waals surface area contributed by atoms with Gasteiger partial charge in [0.2, 0.25) is 0 Å². The summed E-state index contributed by atoms with van der Waals surface area (Å²) in [6.07, 6.45) is 3.67. The molecule has 1 aliphatic rings. The number of pyridine rings is 2. The maximum absolute atomic E-state index is 6.26. The molecule has 3 nitrogen and oxygen atoms in total. The van der Waals surface area contributed by atoms with Gasteiger partial charge < -0.3 is 14.7 Å². The molecule has 2 aromatic heterocycles. The van der Waals surface area contributed by atoms with Crippen molar-refractivity contribution in [1.29, 1.82) is 0 Å². The first-order chi connectivity index (χ1) is 18.2. The Morgan fingerprint density at radius 2 is 1.55 bits per heavy atom. The van der Waals surface area contributed by atoms with Crippen LogP contribution in [-0.4, -0.2) is 9.97 Å². The van der Waals surface area contributed by atoms with Crippen LogP contribution >= 0.6 is 11.8 Å². The molecular weight excluding hydrogens is 668 g/mol. The molecule has 0 unspecified atom stereocenters. The van der Waals surface area contributed by atoms with E-state index < -0.39 is 0 Å². The van der Waals surface area contributed by atoms with Crippen molar-refractivity contribution in [2.24, 2.45) is 0 Å². The largest absolute Gasteiger partial charge is 2.00 e.